The summed E-state index contributed by atoms with van der Waals surface area (Å²) >= 11 is 2.36. The van der Waals surface area contributed by atoms with E-state index in [4.69, 9.17) is 5.53 Å². The maximum atomic E-state index is 6.06. The Morgan fingerprint density at radius 3 is 2.12 bits per heavy atom. The summed E-state index contributed by atoms with van der Waals surface area (Å²) in [6.07, 6.45) is 0. The zero-order valence-corrected chi connectivity index (χ0v) is 5.05. The van der Waals surface area contributed by atoms with Crippen molar-refractivity contribution in [1.82, 2.24) is 0 Å². The molecule has 1 N–H and O–H groups in total. The zero-order chi connectivity index (χ0) is 6.24. The zero-order valence-electron chi connectivity index (χ0n) is 3.50. The minimum absolute atomic E-state index is 2.36. The molecule has 0 radical (unpaired) electrons. The van der Waals surface area contributed by atoms with Crippen molar-refractivity contribution in [1.29, 1.82) is 5.53 Å². The van der Waals surface area contributed by atoms with E-state index in [1.54, 1.807) is 0 Å². The third kappa shape index (κ3) is 5.26. The summed E-state index contributed by atoms with van der Waals surface area (Å²) in [5, 5.41) is 14.1. The molecule has 0 fully saturated rings. The predicted molar refractivity (Wildman–Crippen MR) is 17.3 cm³/mol. The van der Waals surface area contributed by atoms with E-state index in [9.17, 15) is 0 Å². The van der Waals surface area contributed by atoms with Crippen LogP contribution in [0.2, 0.25) is 0 Å². The van der Waals surface area contributed by atoms with Gasteiger partial charge in [0, 0.05) is 0 Å². The van der Waals surface area contributed by atoms with Crippen LogP contribution in [-0.4, -0.2) is 0 Å². The molecule has 0 aromatic rings. The molecule has 8 heavy (non-hydrogen) atoms. The summed E-state index contributed by atoms with van der Waals surface area (Å²) in [7, 11) is 0. The predicted octanol–water partition coefficient (Wildman–Crippen LogP) is 1.40. The van der Waals surface area contributed by atoms with E-state index in [1.165, 1.54) is 0 Å². The Morgan fingerprint density at radius 2 is 1.62 bits per heavy atom. The molecule has 0 heterocycles. The monoisotopic (exact) mass is 205 g/mol. The van der Waals surface area contributed by atoms with Crippen LogP contribution in [0.5, 0.6) is 0 Å². The SMILES string of the molecule is N=N/N=N/N=N/[N]=[Pd]. The first-order chi connectivity index (χ1) is 3.91. The summed E-state index contributed by atoms with van der Waals surface area (Å²) in [5.74, 6) is 0. The Hall–Kier alpha value is -0.738. The Morgan fingerprint density at radius 1 is 1.00 bits per heavy atom. The van der Waals surface area contributed by atoms with Gasteiger partial charge >= 0.3 is 54.3 Å². The molecule has 0 amide bonds. The van der Waals surface area contributed by atoms with Gasteiger partial charge in [-0.15, -0.1) is 0 Å². The molecule has 0 bridgehead atoms. The fourth-order valence-corrected chi connectivity index (χ4v) is 0.131. The van der Waals surface area contributed by atoms with Crippen molar-refractivity contribution >= 4 is 0 Å². The van der Waals surface area contributed by atoms with Gasteiger partial charge in [-0.2, -0.15) is 0 Å². The van der Waals surface area contributed by atoms with Gasteiger partial charge in [-0.1, -0.05) is 0 Å². The van der Waals surface area contributed by atoms with Crippen molar-refractivity contribution in [2.24, 2.45) is 29.8 Å². The molecule has 0 atom stereocenters. The molecule has 0 saturated carbocycles. The van der Waals surface area contributed by atoms with E-state index in [0.29, 0.717) is 0 Å². The number of hydrogen-bond acceptors (Lipinski definition) is 2. The van der Waals surface area contributed by atoms with Gasteiger partial charge in [-0.05, 0) is 0 Å². The third-order valence-corrected chi connectivity index (χ3v) is 0.332. The molecule has 0 aliphatic carbocycles. The summed E-state index contributed by atoms with van der Waals surface area (Å²) in [6, 6.07) is 0. The third-order valence-electron chi connectivity index (χ3n) is 0.193. The Kier molecular flexibility index (Phi) is 5.68. The topological polar surface area (TPSA) is 98.0 Å². The van der Waals surface area contributed by atoms with Crippen LogP contribution in [0.3, 0.4) is 0 Å². The van der Waals surface area contributed by atoms with Gasteiger partial charge in [-0.3, -0.25) is 0 Å². The Balaban J connectivity index is 3.41. The number of nitrogens with one attached hydrogen (secondary N) is 1. The summed E-state index contributed by atoms with van der Waals surface area (Å²) in [5.41, 5.74) is 6.06. The first kappa shape index (κ1) is 7.26. The molecule has 0 rings (SSSR count). The molecule has 0 aromatic heterocycles. The van der Waals surface area contributed by atoms with Gasteiger partial charge in [0.2, 0.25) is 0 Å². The summed E-state index contributed by atoms with van der Waals surface area (Å²) < 4.78 is 3.06. The van der Waals surface area contributed by atoms with Crippen LogP contribution < -0.4 is 0 Å². The van der Waals surface area contributed by atoms with Crippen LogP contribution in [0.25, 0.3) is 0 Å². The van der Waals surface area contributed by atoms with Crippen molar-refractivity contribution in [3.8, 4) is 0 Å². The van der Waals surface area contributed by atoms with E-state index < -0.39 is 0 Å². The van der Waals surface area contributed by atoms with Crippen molar-refractivity contribution in [2.45, 2.75) is 0 Å². The molecule has 7 nitrogen and oxygen atoms in total. The van der Waals surface area contributed by atoms with E-state index in [2.05, 4.69) is 48.8 Å². The molecule has 0 aromatic carbocycles. The molecule has 0 saturated heterocycles. The fraction of sp³-hybridized carbons (Fsp3) is 0. The van der Waals surface area contributed by atoms with Gasteiger partial charge in [0.25, 0.3) is 0 Å². The minimum atomic E-state index is 2.36. The Labute approximate surface area is 55.0 Å². The van der Waals surface area contributed by atoms with E-state index >= 15 is 0 Å². The second-order valence-electron chi connectivity index (χ2n) is 0.521. The average Bonchev–Trinajstić information content (AvgIpc) is 1.81. The fourth-order valence-electron chi connectivity index (χ4n) is 0.0684. The standard InChI is InChI=1S/HN7.Pd/c1-3-5-7-6-4-2;/h1H;/b3-1?,6-4+,7-5+;. The van der Waals surface area contributed by atoms with Gasteiger partial charge in [0.15, 0.2) is 0 Å². The van der Waals surface area contributed by atoms with Crippen molar-refractivity contribution in [3.05, 3.63) is 0 Å². The second-order valence-corrected chi connectivity index (χ2v) is 0.832. The molecular weight excluding hydrogens is 204 g/mol. The van der Waals surface area contributed by atoms with Crippen molar-refractivity contribution in [3.63, 3.8) is 0 Å². The van der Waals surface area contributed by atoms with Crippen LogP contribution in [0.1, 0.15) is 0 Å². The van der Waals surface area contributed by atoms with Crippen LogP contribution >= 0.6 is 0 Å². The first-order valence-electron chi connectivity index (χ1n) is 1.37. The molecule has 0 unspecified atom stereocenters. The maximum absolute atomic E-state index is 6.06. The number of rotatable bonds is 3. The van der Waals surface area contributed by atoms with Crippen LogP contribution in [-0.2, 0) is 19.0 Å². The van der Waals surface area contributed by atoms with E-state index in [-0.39, 0.29) is 0 Å². The molecule has 0 spiro atoms. The Bertz CT molecular complexity index is 104. The number of nitrogens with zero attached hydrogens (tertiary/aromatic N) is 6. The van der Waals surface area contributed by atoms with E-state index in [0.717, 1.165) is 0 Å². The molecular formula is HN7Pd. The first-order valence-corrected chi connectivity index (χ1v) is 2.06. The molecule has 8 heteroatoms. The van der Waals surface area contributed by atoms with Crippen molar-refractivity contribution in [2.75, 3.05) is 0 Å². The molecule has 0 aliphatic heterocycles. The van der Waals surface area contributed by atoms with Gasteiger partial charge in [0.1, 0.15) is 0 Å². The van der Waals surface area contributed by atoms with Gasteiger partial charge in [0.05, 0.1) is 0 Å². The van der Waals surface area contributed by atoms with Crippen LogP contribution in [0, 0.1) is 5.53 Å². The quantitative estimate of drug-likeness (QED) is 0.409. The summed E-state index contributed by atoms with van der Waals surface area (Å²) in [4.78, 5) is 0. The van der Waals surface area contributed by atoms with Gasteiger partial charge in [-0.25, -0.2) is 0 Å². The second kappa shape index (κ2) is 6.26. The van der Waals surface area contributed by atoms with Crippen molar-refractivity contribution < 1.29 is 19.0 Å². The van der Waals surface area contributed by atoms with Crippen LogP contribution in [0.4, 0.5) is 0 Å². The van der Waals surface area contributed by atoms with Gasteiger partial charge < -0.3 is 0 Å². The van der Waals surface area contributed by atoms with Crippen LogP contribution in [0.15, 0.2) is 29.8 Å². The average molecular weight is 205 g/mol. The van der Waals surface area contributed by atoms with E-state index in [1.807, 2.05) is 0 Å². The summed E-state index contributed by atoms with van der Waals surface area (Å²) in [6.45, 7) is 0. The molecule has 46 valence electrons. The normalized spacial score (nSPS) is 10.8. The molecule has 0 aliphatic rings. The number of hydrogen-bond donors (Lipinski definition) is 1.